The molecule has 0 aliphatic carbocycles. The summed E-state index contributed by atoms with van der Waals surface area (Å²) >= 11 is 1.36. The first-order valence-electron chi connectivity index (χ1n) is 7.97. The van der Waals surface area contributed by atoms with Crippen molar-refractivity contribution < 1.29 is 14.0 Å². The van der Waals surface area contributed by atoms with Gasteiger partial charge in [-0.05, 0) is 43.2 Å². The van der Waals surface area contributed by atoms with Gasteiger partial charge in [0.05, 0.1) is 10.9 Å². The van der Waals surface area contributed by atoms with Crippen LogP contribution in [-0.2, 0) is 4.79 Å². The molecule has 0 fully saturated rings. The van der Waals surface area contributed by atoms with Gasteiger partial charge in [0.25, 0.3) is 5.91 Å². The van der Waals surface area contributed by atoms with Crippen LogP contribution in [-0.4, -0.2) is 43.9 Å². The van der Waals surface area contributed by atoms with E-state index in [1.54, 1.807) is 18.2 Å². The Hall–Kier alpha value is -2.25. The summed E-state index contributed by atoms with van der Waals surface area (Å²) in [6.07, 6.45) is 0.209. The SMILES string of the molecule is CN(C)C(CNC(=O)CCNC(=O)c1cccs1)c1ccc(F)cc1. The van der Waals surface area contributed by atoms with E-state index in [2.05, 4.69) is 10.6 Å². The van der Waals surface area contributed by atoms with Gasteiger partial charge in [-0.1, -0.05) is 18.2 Å². The van der Waals surface area contributed by atoms with Gasteiger partial charge in [-0.2, -0.15) is 0 Å². The molecule has 2 N–H and O–H groups in total. The number of hydrogen-bond donors (Lipinski definition) is 2. The van der Waals surface area contributed by atoms with Crippen molar-refractivity contribution in [1.82, 2.24) is 15.5 Å². The molecule has 5 nitrogen and oxygen atoms in total. The van der Waals surface area contributed by atoms with Crippen LogP contribution in [0.25, 0.3) is 0 Å². The predicted octanol–water partition coefficient (Wildman–Crippen LogP) is 2.43. The highest BCUT2D eigenvalue weighted by atomic mass is 32.1. The van der Waals surface area contributed by atoms with Crippen molar-refractivity contribution in [3.8, 4) is 0 Å². The van der Waals surface area contributed by atoms with E-state index in [0.29, 0.717) is 11.4 Å². The summed E-state index contributed by atoms with van der Waals surface area (Å²) in [5.74, 6) is -0.590. The molecule has 0 saturated carbocycles. The topological polar surface area (TPSA) is 61.4 Å². The molecule has 7 heteroatoms. The molecule has 1 atom stereocenters. The molecule has 1 heterocycles. The number of thiophene rings is 1. The zero-order chi connectivity index (χ0) is 18.2. The molecule has 2 amide bonds. The van der Waals surface area contributed by atoms with Gasteiger partial charge in [-0.3, -0.25) is 9.59 Å². The molecule has 1 aromatic carbocycles. The number of nitrogens with zero attached hydrogens (tertiary/aromatic N) is 1. The molecule has 1 aromatic heterocycles. The van der Waals surface area contributed by atoms with E-state index in [-0.39, 0.29) is 36.6 Å². The summed E-state index contributed by atoms with van der Waals surface area (Å²) in [7, 11) is 3.81. The highest BCUT2D eigenvalue weighted by Gasteiger charge is 2.15. The summed E-state index contributed by atoms with van der Waals surface area (Å²) < 4.78 is 13.1. The van der Waals surface area contributed by atoms with Crippen molar-refractivity contribution in [2.45, 2.75) is 12.5 Å². The summed E-state index contributed by atoms with van der Waals surface area (Å²) in [5, 5.41) is 7.42. The molecular formula is C18H22FN3O2S. The zero-order valence-corrected chi connectivity index (χ0v) is 15.1. The fourth-order valence-corrected chi connectivity index (χ4v) is 3.01. The Bertz CT molecular complexity index is 687. The monoisotopic (exact) mass is 363 g/mol. The van der Waals surface area contributed by atoms with Crippen molar-refractivity contribution in [3.63, 3.8) is 0 Å². The lowest BCUT2D eigenvalue weighted by atomic mass is 10.1. The van der Waals surface area contributed by atoms with E-state index >= 15 is 0 Å². The van der Waals surface area contributed by atoms with Gasteiger partial charge in [0.15, 0.2) is 0 Å². The lowest BCUT2D eigenvalue weighted by molar-refractivity contribution is -0.121. The van der Waals surface area contributed by atoms with Gasteiger partial charge in [-0.25, -0.2) is 4.39 Å². The van der Waals surface area contributed by atoms with E-state index in [4.69, 9.17) is 0 Å². The molecule has 0 saturated heterocycles. The first-order valence-corrected chi connectivity index (χ1v) is 8.85. The van der Waals surface area contributed by atoms with Gasteiger partial charge in [-0.15, -0.1) is 11.3 Å². The molecule has 0 radical (unpaired) electrons. The van der Waals surface area contributed by atoms with Crippen LogP contribution in [0.4, 0.5) is 4.39 Å². The van der Waals surface area contributed by atoms with E-state index in [1.807, 2.05) is 30.4 Å². The van der Waals surface area contributed by atoms with Crippen LogP contribution in [0.5, 0.6) is 0 Å². The Balaban J connectivity index is 1.77. The number of carbonyl (C=O) groups excluding carboxylic acids is 2. The van der Waals surface area contributed by atoms with E-state index in [1.165, 1.54) is 23.5 Å². The number of likely N-dealkylation sites (N-methyl/N-ethyl adjacent to an activating group) is 1. The van der Waals surface area contributed by atoms with Crippen LogP contribution < -0.4 is 10.6 Å². The molecule has 0 aliphatic rings. The summed E-state index contributed by atoms with van der Waals surface area (Å²) in [4.78, 5) is 26.4. The molecule has 0 aliphatic heterocycles. The molecule has 25 heavy (non-hydrogen) atoms. The summed E-state index contributed by atoms with van der Waals surface area (Å²) in [5.41, 5.74) is 0.928. The lowest BCUT2D eigenvalue weighted by Gasteiger charge is -2.25. The number of carbonyl (C=O) groups is 2. The first-order chi connectivity index (χ1) is 12.0. The normalized spacial score (nSPS) is 12.0. The number of amides is 2. The average Bonchev–Trinajstić information content (AvgIpc) is 3.11. The van der Waals surface area contributed by atoms with E-state index < -0.39 is 0 Å². The fraction of sp³-hybridized carbons (Fsp3) is 0.333. The van der Waals surface area contributed by atoms with Crippen molar-refractivity contribution >= 4 is 23.2 Å². The van der Waals surface area contributed by atoms with Crippen LogP contribution in [0, 0.1) is 5.82 Å². The van der Waals surface area contributed by atoms with Crippen molar-refractivity contribution in [1.29, 1.82) is 0 Å². The molecule has 2 aromatic rings. The molecular weight excluding hydrogens is 341 g/mol. The predicted molar refractivity (Wildman–Crippen MR) is 97.1 cm³/mol. The minimum absolute atomic E-state index is 0.0507. The number of nitrogens with one attached hydrogen (secondary N) is 2. The maximum absolute atomic E-state index is 13.1. The second-order valence-electron chi connectivity index (χ2n) is 5.82. The second kappa shape index (κ2) is 9.29. The van der Waals surface area contributed by atoms with Crippen LogP contribution in [0.1, 0.15) is 27.7 Å². The highest BCUT2D eigenvalue weighted by molar-refractivity contribution is 7.12. The summed E-state index contributed by atoms with van der Waals surface area (Å²) in [6.45, 7) is 0.697. The fourth-order valence-electron chi connectivity index (χ4n) is 2.37. The van der Waals surface area contributed by atoms with Gasteiger partial charge >= 0.3 is 0 Å². The first kappa shape index (κ1) is 19.1. The molecule has 134 valence electrons. The summed E-state index contributed by atoms with van der Waals surface area (Å²) in [6, 6.07) is 9.75. The zero-order valence-electron chi connectivity index (χ0n) is 14.3. The number of hydrogen-bond acceptors (Lipinski definition) is 4. The van der Waals surface area contributed by atoms with Crippen molar-refractivity contribution in [2.24, 2.45) is 0 Å². The van der Waals surface area contributed by atoms with E-state index in [0.717, 1.165) is 5.56 Å². The van der Waals surface area contributed by atoms with Crippen LogP contribution in [0.2, 0.25) is 0 Å². The third kappa shape index (κ3) is 5.95. The van der Waals surface area contributed by atoms with Gasteiger partial charge in [0, 0.05) is 19.5 Å². The van der Waals surface area contributed by atoms with Crippen molar-refractivity contribution in [3.05, 3.63) is 58.0 Å². The third-order valence-corrected chi connectivity index (χ3v) is 4.62. The van der Waals surface area contributed by atoms with Gasteiger partial charge in [0.2, 0.25) is 5.91 Å². The Kier molecular flexibility index (Phi) is 7.09. The number of benzene rings is 1. The maximum atomic E-state index is 13.1. The Morgan fingerprint density at radius 3 is 2.48 bits per heavy atom. The third-order valence-electron chi connectivity index (χ3n) is 3.75. The number of halogens is 1. The lowest BCUT2D eigenvalue weighted by Crippen LogP contribution is -2.36. The minimum Gasteiger partial charge on any atom is -0.354 e. The van der Waals surface area contributed by atoms with Gasteiger partial charge < -0.3 is 15.5 Å². The Morgan fingerprint density at radius 2 is 1.88 bits per heavy atom. The molecule has 0 bridgehead atoms. The van der Waals surface area contributed by atoms with Gasteiger partial charge in [0.1, 0.15) is 5.82 Å². The quantitative estimate of drug-likeness (QED) is 0.757. The highest BCUT2D eigenvalue weighted by Crippen LogP contribution is 2.17. The maximum Gasteiger partial charge on any atom is 0.261 e. The molecule has 1 unspecified atom stereocenters. The largest absolute Gasteiger partial charge is 0.354 e. The molecule has 2 rings (SSSR count). The minimum atomic E-state index is -0.285. The van der Waals surface area contributed by atoms with Crippen LogP contribution in [0.15, 0.2) is 41.8 Å². The van der Waals surface area contributed by atoms with E-state index in [9.17, 15) is 14.0 Å². The Labute approximate surface area is 150 Å². The standard InChI is InChI=1S/C18H22FN3O2S/c1-22(2)15(13-5-7-14(19)8-6-13)12-21-17(23)9-10-20-18(24)16-4-3-11-25-16/h3-8,11,15H,9-10,12H2,1-2H3,(H,20,24)(H,21,23). The smallest absolute Gasteiger partial charge is 0.261 e. The van der Waals surface area contributed by atoms with Crippen LogP contribution in [0.3, 0.4) is 0 Å². The number of rotatable bonds is 8. The molecule has 0 spiro atoms. The van der Waals surface area contributed by atoms with Crippen LogP contribution >= 0.6 is 11.3 Å². The average molecular weight is 363 g/mol. The van der Waals surface area contributed by atoms with Crippen molar-refractivity contribution in [2.75, 3.05) is 27.2 Å². The second-order valence-corrected chi connectivity index (χ2v) is 6.77. The Morgan fingerprint density at radius 1 is 1.16 bits per heavy atom.